The lowest BCUT2D eigenvalue weighted by Crippen LogP contribution is -2.45. The molecule has 0 bridgehead atoms. The lowest BCUT2D eigenvalue weighted by Gasteiger charge is -2.21. The molecule has 0 radical (unpaired) electrons. The largest absolute Gasteiger partial charge is 0.459 e. The van der Waals surface area contributed by atoms with Crippen molar-refractivity contribution >= 4 is 11.9 Å². The second kappa shape index (κ2) is 8.97. The van der Waals surface area contributed by atoms with Gasteiger partial charge in [-0.2, -0.15) is 0 Å². The van der Waals surface area contributed by atoms with E-state index in [9.17, 15) is 14.0 Å². The molecule has 2 aromatic rings. The van der Waals surface area contributed by atoms with Gasteiger partial charge >= 0.3 is 5.97 Å². The van der Waals surface area contributed by atoms with Crippen molar-refractivity contribution < 1.29 is 18.7 Å². The first-order valence-corrected chi connectivity index (χ1v) is 8.20. The van der Waals surface area contributed by atoms with Crippen molar-refractivity contribution in [2.75, 3.05) is 0 Å². The van der Waals surface area contributed by atoms with E-state index in [4.69, 9.17) is 4.74 Å². The van der Waals surface area contributed by atoms with Crippen LogP contribution in [0.1, 0.15) is 25.0 Å². The van der Waals surface area contributed by atoms with E-state index in [0.29, 0.717) is 5.56 Å². The zero-order valence-electron chi connectivity index (χ0n) is 14.4. The predicted octanol–water partition coefficient (Wildman–Crippen LogP) is 3.25. The maximum atomic E-state index is 13.6. The predicted molar refractivity (Wildman–Crippen MR) is 93.1 cm³/mol. The first-order valence-electron chi connectivity index (χ1n) is 8.20. The molecule has 0 fully saturated rings. The van der Waals surface area contributed by atoms with Crippen LogP contribution >= 0.6 is 0 Å². The van der Waals surface area contributed by atoms with Gasteiger partial charge in [0, 0.05) is 5.56 Å². The number of hydrogen-bond donors (Lipinski definition) is 1. The minimum atomic E-state index is -0.775. The van der Waals surface area contributed by atoms with Gasteiger partial charge < -0.3 is 10.1 Å². The molecule has 132 valence electrons. The van der Waals surface area contributed by atoms with Gasteiger partial charge in [0.05, 0.1) is 6.42 Å². The van der Waals surface area contributed by atoms with Crippen molar-refractivity contribution in [3.05, 3.63) is 71.5 Å². The lowest BCUT2D eigenvalue weighted by molar-refractivity contribution is -0.150. The van der Waals surface area contributed by atoms with E-state index >= 15 is 0 Å². The van der Waals surface area contributed by atoms with Crippen molar-refractivity contribution in [2.45, 2.75) is 32.9 Å². The molecule has 4 nitrogen and oxygen atoms in total. The first kappa shape index (κ1) is 18.6. The van der Waals surface area contributed by atoms with Crippen LogP contribution in [-0.2, 0) is 27.4 Å². The smallest absolute Gasteiger partial charge is 0.329 e. The fourth-order valence-corrected chi connectivity index (χ4v) is 2.36. The Morgan fingerprint density at radius 1 is 1.04 bits per heavy atom. The molecule has 5 heteroatoms. The zero-order valence-corrected chi connectivity index (χ0v) is 14.4. The average Bonchev–Trinajstić information content (AvgIpc) is 2.59. The number of esters is 1. The van der Waals surface area contributed by atoms with Gasteiger partial charge in [-0.1, -0.05) is 62.4 Å². The maximum absolute atomic E-state index is 13.6. The summed E-state index contributed by atoms with van der Waals surface area (Å²) in [5.41, 5.74) is 1.16. The van der Waals surface area contributed by atoms with Crippen molar-refractivity contribution in [1.29, 1.82) is 0 Å². The van der Waals surface area contributed by atoms with E-state index in [2.05, 4.69) is 5.32 Å². The molecule has 0 unspecified atom stereocenters. The van der Waals surface area contributed by atoms with Crippen molar-refractivity contribution in [3.8, 4) is 0 Å². The molecular weight excluding hydrogens is 321 g/mol. The van der Waals surface area contributed by atoms with Gasteiger partial charge in [-0.3, -0.25) is 4.79 Å². The second-order valence-corrected chi connectivity index (χ2v) is 6.15. The van der Waals surface area contributed by atoms with Gasteiger partial charge in [0.2, 0.25) is 5.91 Å². The van der Waals surface area contributed by atoms with Crippen LogP contribution in [0.3, 0.4) is 0 Å². The Morgan fingerprint density at radius 2 is 1.68 bits per heavy atom. The van der Waals surface area contributed by atoms with E-state index in [1.165, 1.54) is 6.07 Å². The van der Waals surface area contributed by atoms with Crippen LogP contribution in [0.2, 0.25) is 0 Å². The third-order valence-corrected chi connectivity index (χ3v) is 3.77. The van der Waals surface area contributed by atoms with Crippen molar-refractivity contribution in [1.82, 2.24) is 5.32 Å². The van der Waals surface area contributed by atoms with Crippen LogP contribution in [0.25, 0.3) is 0 Å². The molecule has 1 N–H and O–H groups in total. The van der Waals surface area contributed by atoms with Crippen LogP contribution in [-0.4, -0.2) is 17.9 Å². The van der Waals surface area contributed by atoms with Gasteiger partial charge in [0.15, 0.2) is 0 Å². The van der Waals surface area contributed by atoms with Gasteiger partial charge in [-0.05, 0) is 17.5 Å². The molecule has 1 atom stereocenters. The Morgan fingerprint density at radius 3 is 2.32 bits per heavy atom. The van der Waals surface area contributed by atoms with E-state index in [1.54, 1.807) is 18.2 Å². The number of ether oxygens (including phenoxy) is 1. The molecule has 1 amide bonds. The normalized spacial score (nSPS) is 11.8. The number of amides is 1. The highest BCUT2D eigenvalue weighted by Crippen LogP contribution is 2.11. The van der Waals surface area contributed by atoms with Crippen LogP contribution in [0.4, 0.5) is 4.39 Å². The molecule has 0 aliphatic heterocycles. The SMILES string of the molecule is CC(C)[C@H](NC(=O)Cc1ccccc1)C(=O)OCc1ccccc1F. The summed E-state index contributed by atoms with van der Waals surface area (Å²) < 4.78 is 18.8. The van der Waals surface area contributed by atoms with Gasteiger partial charge in [-0.25, -0.2) is 9.18 Å². The second-order valence-electron chi connectivity index (χ2n) is 6.15. The lowest BCUT2D eigenvalue weighted by atomic mass is 10.0. The van der Waals surface area contributed by atoms with Crippen LogP contribution in [0.5, 0.6) is 0 Å². The highest BCUT2D eigenvalue weighted by atomic mass is 19.1. The molecule has 0 saturated heterocycles. The highest BCUT2D eigenvalue weighted by Gasteiger charge is 2.26. The van der Waals surface area contributed by atoms with E-state index < -0.39 is 17.8 Å². The molecule has 25 heavy (non-hydrogen) atoms. The van der Waals surface area contributed by atoms with Crippen LogP contribution < -0.4 is 5.32 Å². The summed E-state index contributed by atoms with van der Waals surface area (Å²) in [4.78, 5) is 24.5. The topological polar surface area (TPSA) is 55.4 Å². The van der Waals surface area contributed by atoms with Crippen LogP contribution in [0.15, 0.2) is 54.6 Å². The maximum Gasteiger partial charge on any atom is 0.329 e. The summed E-state index contributed by atoms with van der Waals surface area (Å²) in [6, 6.07) is 14.6. The van der Waals surface area contributed by atoms with Crippen LogP contribution in [0, 0.1) is 11.7 Å². The minimum Gasteiger partial charge on any atom is -0.459 e. The first-order chi connectivity index (χ1) is 12.0. The fourth-order valence-electron chi connectivity index (χ4n) is 2.36. The Bertz CT molecular complexity index is 716. The van der Waals surface area contributed by atoms with Gasteiger partial charge in [-0.15, -0.1) is 0 Å². The molecule has 0 aliphatic rings. The monoisotopic (exact) mass is 343 g/mol. The number of hydrogen-bond acceptors (Lipinski definition) is 3. The third kappa shape index (κ3) is 5.71. The van der Waals surface area contributed by atoms with E-state index in [1.807, 2.05) is 44.2 Å². The fraction of sp³-hybridized carbons (Fsp3) is 0.300. The van der Waals surface area contributed by atoms with E-state index in [0.717, 1.165) is 5.56 Å². The Hall–Kier alpha value is -2.69. The minimum absolute atomic E-state index is 0.146. The summed E-state index contributed by atoms with van der Waals surface area (Å²) in [5.74, 6) is -1.40. The summed E-state index contributed by atoms with van der Waals surface area (Å²) in [6.07, 6.45) is 0.185. The van der Waals surface area contributed by atoms with E-state index in [-0.39, 0.29) is 24.9 Å². The summed E-state index contributed by atoms with van der Waals surface area (Å²) in [5, 5.41) is 2.71. The Labute approximate surface area is 147 Å². The molecule has 0 heterocycles. The molecule has 0 saturated carbocycles. The molecule has 0 aromatic heterocycles. The quantitative estimate of drug-likeness (QED) is 0.785. The van der Waals surface area contributed by atoms with Gasteiger partial charge in [0.25, 0.3) is 0 Å². The number of rotatable bonds is 7. The number of carbonyl (C=O) groups excluding carboxylic acids is 2. The third-order valence-electron chi connectivity index (χ3n) is 3.77. The molecular formula is C20H22FNO3. The Kier molecular flexibility index (Phi) is 6.69. The summed E-state index contributed by atoms with van der Waals surface area (Å²) in [6.45, 7) is 3.47. The number of halogens is 1. The molecule has 0 aliphatic carbocycles. The highest BCUT2D eigenvalue weighted by molar-refractivity contribution is 5.85. The number of benzene rings is 2. The number of nitrogens with one attached hydrogen (secondary N) is 1. The summed E-state index contributed by atoms with van der Waals surface area (Å²) >= 11 is 0. The molecule has 0 spiro atoms. The molecule has 2 aromatic carbocycles. The zero-order chi connectivity index (χ0) is 18.2. The van der Waals surface area contributed by atoms with Crippen molar-refractivity contribution in [2.24, 2.45) is 5.92 Å². The standard InChI is InChI=1S/C20H22FNO3/c1-14(2)19(22-18(23)12-15-8-4-3-5-9-15)20(24)25-13-16-10-6-7-11-17(16)21/h3-11,14,19H,12-13H2,1-2H3,(H,22,23)/t19-/m0/s1. The molecule has 2 rings (SSSR count). The average molecular weight is 343 g/mol. The Balaban J connectivity index is 1.93. The summed E-state index contributed by atoms with van der Waals surface area (Å²) in [7, 11) is 0. The van der Waals surface area contributed by atoms with Crippen molar-refractivity contribution in [3.63, 3.8) is 0 Å². The van der Waals surface area contributed by atoms with Gasteiger partial charge in [0.1, 0.15) is 18.5 Å². The number of carbonyl (C=O) groups is 2.